The summed E-state index contributed by atoms with van der Waals surface area (Å²) in [6.45, 7) is 2.03. The van der Waals surface area contributed by atoms with E-state index in [1.807, 2.05) is 72.1 Å². The summed E-state index contributed by atoms with van der Waals surface area (Å²) in [4.78, 5) is 12.6. The van der Waals surface area contributed by atoms with Gasteiger partial charge in [0.2, 0.25) is 5.52 Å². The highest BCUT2D eigenvalue weighted by Crippen LogP contribution is 2.10. The van der Waals surface area contributed by atoms with Gasteiger partial charge in [-0.1, -0.05) is 45.8 Å². The van der Waals surface area contributed by atoms with Crippen LogP contribution in [0.15, 0.2) is 65.5 Å². The fourth-order valence-corrected chi connectivity index (χ4v) is 2.61. The summed E-state index contributed by atoms with van der Waals surface area (Å²) >= 11 is 0. The normalized spacial score (nSPS) is 11.3. The number of benzene rings is 2. The van der Waals surface area contributed by atoms with Gasteiger partial charge in [0.15, 0.2) is 11.2 Å². The van der Waals surface area contributed by atoms with Gasteiger partial charge in [0.25, 0.3) is 0 Å². The molecule has 0 bridgehead atoms. The topological polar surface area (TPSA) is 41.9 Å². The van der Waals surface area contributed by atoms with E-state index in [9.17, 15) is 4.79 Å². The van der Waals surface area contributed by atoms with Crippen molar-refractivity contribution in [2.45, 2.75) is 6.92 Å². The Morgan fingerprint density at radius 3 is 2.48 bits per heavy atom. The lowest BCUT2D eigenvalue weighted by Gasteiger charge is -1.95. The molecule has 0 fully saturated rings. The van der Waals surface area contributed by atoms with Crippen molar-refractivity contribution in [3.8, 4) is 5.69 Å². The van der Waals surface area contributed by atoms with E-state index in [0.29, 0.717) is 5.52 Å². The number of H-pyrrole nitrogens is 1. The fourth-order valence-electron chi connectivity index (χ4n) is 2.61. The smallest absolute Gasteiger partial charge is 0.234 e. The zero-order valence-corrected chi connectivity index (χ0v) is 11.6. The second-order valence-electron chi connectivity index (χ2n) is 5.19. The van der Waals surface area contributed by atoms with Gasteiger partial charge in [-0.15, -0.1) is 4.52 Å². The molecule has 1 N–H and O–H groups in total. The standard InChI is InChI=1S/C17H13N3O/c1-12-6-9-14(10-7-12)19-17(21)16-11-8-13-4-2-3-5-15(13)20(16)18-19/h2-11H,1H3/p+1. The van der Waals surface area contributed by atoms with Gasteiger partial charge >= 0.3 is 5.56 Å². The van der Waals surface area contributed by atoms with E-state index >= 15 is 0 Å². The van der Waals surface area contributed by atoms with Crippen molar-refractivity contribution in [1.82, 2.24) is 9.90 Å². The first-order valence-electron chi connectivity index (χ1n) is 6.86. The lowest BCUT2D eigenvalue weighted by molar-refractivity contribution is -0.555. The fraction of sp³-hybridized carbons (Fsp3) is 0.0588. The van der Waals surface area contributed by atoms with E-state index in [0.717, 1.165) is 16.6 Å². The van der Waals surface area contributed by atoms with Crippen molar-refractivity contribution in [3.05, 3.63) is 76.6 Å². The molecule has 4 nitrogen and oxygen atoms in total. The molecule has 4 heteroatoms. The molecule has 4 aromatic rings. The van der Waals surface area contributed by atoms with Crippen molar-refractivity contribution in [2.75, 3.05) is 0 Å². The number of rotatable bonds is 1. The molecule has 102 valence electrons. The summed E-state index contributed by atoms with van der Waals surface area (Å²) in [5.41, 5.74) is 3.57. The van der Waals surface area contributed by atoms with Crippen LogP contribution >= 0.6 is 0 Å². The number of aryl methyl sites for hydroxylation is 1. The molecule has 0 aliphatic carbocycles. The number of fused-ring (bicyclic) bond motifs is 3. The highest BCUT2D eigenvalue weighted by molar-refractivity contribution is 5.76. The van der Waals surface area contributed by atoms with Crippen LogP contribution in [0.2, 0.25) is 0 Å². The number of para-hydroxylation sites is 1. The summed E-state index contributed by atoms with van der Waals surface area (Å²) < 4.78 is 3.40. The third-order valence-corrected chi connectivity index (χ3v) is 3.75. The Labute approximate surface area is 120 Å². The maximum absolute atomic E-state index is 12.6. The first-order chi connectivity index (χ1) is 10.2. The molecule has 0 spiro atoms. The van der Waals surface area contributed by atoms with Crippen LogP contribution in [0.4, 0.5) is 0 Å². The van der Waals surface area contributed by atoms with Crippen LogP contribution in [-0.4, -0.2) is 9.90 Å². The van der Waals surface area contributed by atoms with Crippen molar-refractivity contribution < 1.29 is 4.52 Å². The number of pyridine rings is 1. The van der Waals surface area contributed by atoms with Crippen LogP contribution in [0.3, 0.4) is 0 Å². The predicted octanol–water partition coefficient (Wildman–Crippen LogP) is 2.37. The van der Waals surface area contributed by atoms with Crippen molar-refractivity contribution in [3.63, 3.8) is 0 Å². The van der Waals surface area contributed by atoms with Crippen LogP contribution in [0, 0.1) is 6.92 Å². The molecule has 0 atom stereocenters. The Morgan fingerprint density at radius 1 is 0.905 bits per heavy atom. The molecular formula is C17H14N3O+. The van der Waals surface area contributed by atoms with E-state index in [1.54, 1.807) is 4.68 Å². The van der Waals surface area contributed by atoms with E-state index in [2.05, 4.69) is 5.21 Å². The minimum atomic E-state index is -0.0513. The van der Waals surface area contributed by atoms with E-state index < -0.39 is 0 Å². The highest BCUT2D eigenvalue weighted by atomic mass is 16.1. The lowest BCUT2D eigenvalue weighted by Crippen LogP contribution is -2.25. The second kappa shape index (κ2) is 4.31. The summed E-state index contributed by atoms with van der Waals surface area (Å²) in [5, 5.41) is 4.25. The summed E-state index contributed by atoms with van der Waals surface area (Å²) in [6, 6.07) is 19.7. The number of nitrogens with one attached hydrogen (secondary N) is 1. The van der Waals surface area contributed by atoms with E-state index in [4.69, 9.17) is 0 Å². The van der Waals surface area contributed by atoms with E-state index in [1.165, 1.54) is 5.56 Å². The number of hydrogen-bond donors (Lipinski definition) is 1. The van der Waals surface area contributed by atoms with Gasteiger partial charge in [-0.25, -0.2) is 4.79 Å². The second-order valence-corrected chi connectivity index (χ2v) is 5.19. The van der Waals surface area contributed by atoms with Crippen molar-refractivity contribution >= 4 is 16.4 Å². The Balaban J connectivity index is 2.07. The molecule has 2 aromatic heterocycles. The first-order valence-corrected chi connectivity index (χ1v) is 6.86. The number of aromatic amines is 1. The molecule has 0 unspecified atom stereocenters. The average Bonchev–Trinajstić information content (AvgIpc) is 2.86. The molecule has 0 radical (unpaired) electrons. The van der Waals surface area contributed by atoms with E-state index in [-0.39, 0.29) is 5.56 Å². The van der Waals surface area contributed by atoms with Crippen LogP contribution in [0.25, 0.3) is 22.1 Å². The minimum Gasteiger partial charge on any atom is -0.234 e. The summed E-state index contributed by atoms with van der Waals surface area (Å²) in [7, 11) is 0. The van der Waals surface area contributed by atoms with Gasteiger partial charge in [0.1, 0.15) is 0 Å². The molecule has 21 heavy (non-hydrogen) atoms. The zero-order valence-electron chi connectivity index (χ0n) is 11.6. The summed E-state index contributed by atoms with van der Waals surface area (Å²) in [6.07, 6.45) is 0. The molecule has 4 rings (SSSR count). The maximum Gasteiger partial charge on any atom is 0.406 e. The molecule has 0 saturated carbocycles. The van der Waals surface area contributed by atoms with Crippen LogP contribution in [-0.2, 0) is 0 Å². The van der Waals surface area contributed by atoms with Gasteiger partial charge < -0.3 is 0 Å². The number of nitrogens with zero attached hydrogens (tertiary/aromatic N) is 2. The monoisotopic (exact) mass is 276 g/mol. The SMILES string of the molecule is Cc1ccc(-n2[nH][n+]3c(ccc4ccccc43)c2=O)cc1. The Kier molecular flexibility index (Phi) is 2.44. The van der Waals surface area contributed by atoms with Gasteiger partial charge in [0, 0.05) is 5.39 Å². The van der Waals surface area contributed by atoms with Gasteiger partial charge in [-0.05, 0) is 37.3 Å². The third-order valence-electron chi connectivity index (χ3n) is 3.75. The first kappa shape index (κ1) is 11.9. The molecule has 0 saturated heterocycles. The Morgan fingerprint density at radius 2 is 1.67 bits per heavy atom. The average molecular weight is 276 g/mol. The van der Waals surface area contributed by atoms with Gasteiger partial charge in [-0.2, -0.15) is 0 Å². The Bertz CT molecular complexity index is 1010. The van der Waals surface area contributed by atoms with Crippen LogP contribution in [0.5, 0.6) is 0 Å². The van der Waals surface area contributed by atoms with Crippen LogP contribution < -0.4 is 10.1 Å². The Hall–Kier alpha value is -2.88. The maximum atomic E-state index is 12.6. The molecule has 0 aliphatic heterocycles. The lowest BCUT2D eigenvalue weighted by atomic mass is 10.2. The molecule has 2 aromatic carbocycles. The largest absolute Gasteiger partial charge is 0.406 e. The van der Waals surface area contributed by atoms with Crippen molar-refractivity contribution in [1.29, 1.82) is 0 Å². The third kappa shape index (κ3) is 1.76. The number of aromatic nitrogens is 3. The summed E-state index contributed by atoms with van der Waals surface area (Å²) in [5.74, 6) is 0. The zero-order chi connectivity index (χ0) is 14.4. The van der Waals surface area contributed by atoms with Crippen molar-refractivity contribution in [2.24, 2.45) is 0 Å². The quantitative estimate of drug-likeness (QED) is 0.533. The molecule has 0 amide bonds. The molecule has 2 heterocycles. The van der Waals surface area contributed by atoms with Gasteiger partial charge in [0.05, 0.1) is 0 Å². The predicted molar refractivity (Wildman–Crippen MR) is 81.8 cm³/mol. The molecule has 0 aliphatic rings. The molecular weight excluding hydrogens is 262 g/mol. The number of hydrogen-bond acceptors (Lipinski definition) is 1. The van der Waals surface area contributed by atoms with Gasteiger partial charge in [-0.3, -0.25) is 0 Å². The highest BCUT2D eigenvalue weighted by Gasteiger charge is 2.18. The van der Waals surface area contributed by atoms with Crippen LogP contribution in [0.1, 0.15) is 5.56 Å². The minimum absolute atomic E-state index is 0.0513.